The van der Waals surface area contributed by atoms with E-state index in [4.69, 9.17) is 9.15 Å². The molecule has 0 saturated heterocycles. The molecule has 0 bridgehead atoms. The maximum atomic E-state index is 13.0. The molecule has 0 atom stereocenters. The molecule has 0 aliphatic carbocycles. The number of esters is 1. The summed E-state index contributed by atoms with van der Waals surface area (Å²) in [6.07, 6.45) is 1.61. The number of carbonyl (C=O) groups excluding carboxylic acids is 1. The van der Waals surface area contributed by atoms with Gasteiger partial charge in [-0.2, -0.15) is 0 Å². The summed E-state index contributed by atoms with van der Waals surface area (Å²) in [5.41, 5.74) is 1.30. The van der Waals surface area contributed by atoms with Crippen molar-refractivity contribution in [2.75, 3.05) is 6.61 Å². The van der Waals surface area contributed by atoms with E-state index in [0.29, 0.717) is 30.4 Å². The van der Waals surface area contributed by atoms with E-state index in [-0.39, 0.29) is 18.2 Å². The number of ether oxygens (including phenoxy) is 1. The van der Waals surface area contributed by atoms with Crippen molar-refractivity contribution in [3.8, 4) is 11.3 Å². The van der Waals surface area contributed by atoms with Crippen molar-refractivity contribution in [3.63, 3.8) is 0 Å². The van der Waals surface area contributed by atoms with E-state index in [9.17, 15) is 9.18 Å². The van der Waals surface area contributed by atoms with Gasteiger partial charge in [0.25, 0.3) is 0 Å². The Morgan fingerprint density at radius 2 is 2.00 bits per heavy atom. The quantitative estimate of drug-likeness (QED) is 0.764. The molecule has 4 nitrogen and oxygen atoms in total. The van der Waals surface area contributed by atoms with Crippen molar-refractivity contribution in [1.29, 1.82) is 0 Å². The highest BCUT2D eigenvalue weighted by Crippen LogP contribution is 2.25. The van der Waals surface area contributed by atoms with E-state index in [0.717, 1.165) is 12.0 Å². The number of benzene rings is 1. The predicted molar refractivity (Wildman–Crippen MR) is 76.2 cm³/mol. The van der Waals surface area contributed by atoms with Gasteiger partial charge in [0.1, 0.15) is 23.7 Å². The zero-order valence-corrected chi connectivity index (χ0v) is 12.2. The van der Waals surface area contributed by atoms with Crippen LogP contribution >= 0.6 is 0 Å². The van der Waals surface area contributed by atoms with Gasteiger partial charge in [-0.25, -0.2) is 9.37 Å². The van der Waals surface area contributed by atoms with Crippen LogP contribution in [0.2, 0.25) is 0 Å². The fourth-order valence-electron chi connectivity index (χ4n) is 2.02. The predicted octanol–water partition coefficient (Wildman–Crippen LogP) is 3.54. The summed E-state index contributed by atoms with van der Waals surface area (Å²) in [6, 6.07) is 5.96. The van der Waals surface area contributed by atoms with Gasteiger partial charge in [-0.1, -0.05) is 6.92 Å². The lowest BCUT2D eigenvalue weighted by molar-refractivity contribution is -0.142. The summed E-state index contributed by atoms with van der Waals surface area (Å²) in [5, 5.41) is 0. The number of carbonyl (C=O) groups is 1. The SMILES string of the molecule is CCCc1nc(-c2ccc(F)cc2)c(CC(=O)OCC)o1. The average molecular weight is 291 g/mol. The lowest BCUT2D eigenvalue weighted by Gasteiger charge is -2.02. The van der Waals surface area contributed by atoms with Gasteiger partial charge in [-0.15, -0.1) is 0 Å². The molecule has 1 aromatic heterocycles. The van der Waals surface area contributed by atoms with Crippen molar-refractivity contribution in [2.24, 2.45) is 0 Å². The second-order valence-electron chi connectivity index (χ2n) is 4.62. The molecule has 0 unspecified atom stereocenters. The standard InChI is InChI=1S/C16H18FNO3/c1-3-5-14-18-16(11-6-8-12(17)9-7-11)13(21-14)10-15(19)20-4-2/h6-9H,3-5,10H2,1-2H3. The summed E-state index contributed by atoms with van der Waals surface area (Å²) in [4.78, 5) is 16.1. The zero-order valence-electron chi connectivity index (χ0n) is 12.2. The Labute approximate surface area is 122 Å². The van der Waals surface area contributed by atoms with Crippen molar-refractivity contribution >= 4 is 5.97 Å². The second kappa shape index (κ2) is 7.02. The Bertz CT molecular complexity index is 604. The number of hydrogen-bond acceptors (Lipinski definition) is 4. The zero-order chi connectivity index (χ0) is 15.2. The van der Waals surface area contributed by atoms with Crippen molar-refractivity contribution < 1.29 is 18.3 Å². The van der Waals surface area contributed by atoms with Gasteiger partial charge < -0.3 is 9.15 Å². The Kier molecular flexibility index (Phi) is 5.09. The van der Waals surface area contributed by atoms with E-state index < -0.39 is 0 Å². The lowest BCUT2D eigenvalue weighted by atomic mass is 10.1. The molecule has 2 rings (SSSR count). The number of oxazole rings is 1. The van der Waals surface area contributed by atoms with Crippen LogP contribution in [0.5, 0.6) is 0 Å². The average Bonchev–Trinajstić information content (AvgIpc) is 2.83. The third kappa shape index (κ3) is 3.90. The molecule has 5 heteroatoms. The minimum Gasteiger partial charge on any atom is -0.466 e. The van der Waals surface area contributed by atoms with Crippen LogP contribution < -0.4 is 0 Å². The lowest BCUT2D eigenvalue weighted by Crippen LogP contribution is -2.07. The van der Waals surface area contributed by atoms with Gasteiger partial charge in [0.2, 0.25) is 0 Å². The van der Waals surface area contributed by atoms with Crippen molar-refractivity contribution in [1.82, 2.24) is 4.98 Å². The largest absolute Gasteiger partial charge is 0.466 e. The molecule has 0 aliphatic heterocycles. The molecule has 0 saturated carbocycles. The fourth-order valence-corrected chi connectivity index (χ4v) is 2.02. The number of halogens is 1. The molecular formula is C16H18FNO3. The van der Waals surface area contributed by atoms with Gasteiger partial charge in [-0.05, 0) is 37.6 Å². The number of hydrogen-bond donors (Lipinski definition) is 0. The maximum absolute atomic E-state index is 13.0. The smallest absolute Gasteiger partial charge is 0.313 e. The maximum Gasteiger partial charge on any atom is 0.313 e. The summed E-state index contributed by atoms with van der Waals surface area (Å²) in [7, 11) is 0. The summed E-state index contributed by atoms with van der Waals surface area (Å²) in [6.45, 7) is 4.09. The van der Waals surface area contributed by atoms with Crippen LogP contribution in [0.4, 0.5) is 4.39 Å². The van der Waals surface area contributed by atoms with Crippen LogP contribution in [0.1, 0.15) is 31.9 Å². The molecule has 0 fully saturated rings. The fraction of sp³-hybridized carbons (Fsp3) is 0.375. The van der Waals surface area contributed by atoms with Gasteiger partial charge in [0, 0.05) is 12.0 Å². The minimum atomic E-state index is -0.361. The molecule has 1 heterocycles. The van der Waals surface area contributed by atoms with Crippen LogP contribution in [-0.4, -0.2) is 17.6 Å². The number of rotatable bonds is 6. The monoisotopic (exact) mass is 291 g/mol. The first-order valence-corrected chi connectivity index (χ1v) is 7.04. The first-order chi connectivity index (χ1) is 10.1. The normalized spacial score (nSPS) is 10.6. The molecule has 0 N–H and O–H groups in total. The minimum absolute atomic E-state index is 0.0251. The van der Waals surface area contributed by atoms with Gasteiger partial charge in [0.15, 0.2) is 5.89 Å². The van der Waals surface area contributed by atoms with Crippen LogP contribution in [0, 0.1) is 5.82 Å². The highest BCUT2D eigenvalue weighted by atomic mass is 19.1. The topological polar surface area (TPSA) is 52.3 Å². The van der Waals surface area contributed by atoms with Crippen molar-refractivity contribution in [3.05, 3.63) is 41.7 Å². The van der Waals surface area contributed by atoms with Gasteiger partial charge in [0.05, 0.1) is 6.61 Å². The third-order valence-electron chi connectivity index (χ3n) is 2.93. The first kappa shape index (κ1) is 15.2. The molecule has 0 radical (unpaired) electrons. The van der Waals surface area contributed by atoms with Crippen molar-refractivity contribution in [2.45, 2.75) is 33.1 Å². The second-order valence-corrected chi connectivity index (χ2v) is 4.62. The van der Waals surface area contributed by atoms with Gasteiger partial charge >= 0.3 is 5.97 Å². The molecule has 1 aromatic carbocycles. The van der Waals surface area contributed by atoms with Crippen LogP contribution in [0.15, 0.2) is 28.7 Å². The summed E-state index contributed by atoms with van der Waals surface area (Å²) in [5.74, 6) is 0.364. The molecule has 21 heavy (non-hydrogen) atoms. The Hall–Kier alpha value is -2.17. The van der Waals surface area contributed by atoms with Crippen LogP contribution in [0.25, 0.3) is 11.3 Å². The highest BCUT2D eigenvalue weighted by molar-refractivity contribution is 5.75. The Morgan fingerprint density at radius 3 is 2.62 bits per heavy atom. The van der Waals surface area contributed by atoms with E-state index in [1.54, 1.807) is 19.1 Å². The van der Waals surface area contributed by atoms with Crippen LogP contribution in [-0.2, 0) is 22.4 Å². The number of aromatic nitrogens is 1. The van der Waals surface area contributed by atoms with E-state index >= 15 is 0 Å². The van der Waals surface area contributed by atoms with E-state index in [1.807, 2.05) is 6.92 Å². The van der Waals surface area contributed by atoms with Gasteiger partial charge in [-0.3, -0.25) is 4.79 Å². The Balaban J connectivity index is 2.33. The molecule has 0 aliphatic rings. The number of nitrogens with zero attached hydrogens (tertiary/aromatic N) is 1. The molecule has 0 amide bonds. The molecular weight excluding hydrogens is 273 g/mol. The summed E-state index contributed by atoms with van der Waals surface area (Å²) >= 11 is 0. The van der Waals surface area contributed by atoms with Crippen LogP contribution in [0.3, 0.4) is 0 Å². The number of aryl methyl sites for hydroxylation is 1. The molecule has 2 aromatic rings. The summed E-state index contributed by atoms with van der Waals surface area (Å²) < 4.78 is 23.6. The van der Waals surface area contributed by atoms with E-state index in [1.165, 1.54) is 12.1 Å². The molecule has 112 valence electrons. The first-order valence-electron chi connectivity index (χ1n) is 7.04. The highest BCUT2D eigenvalue weighted by Gasteiger charge is 2.18. The molecule has 0 spiro atoms. The Morgan fingerprint density at radius 1 is 1.29 bits per heavy atom. The van der Waals surface area contributed by atoms with E-state index in [2.05, 4.69) is 4.98 Å². The third-order valence-corrected chi connectivity index (χ3v) is 2.93.